The summed E-state index contributed by atoms with van der Waals surface area (Å²) >= 11 is 0. The maximum absolute atomic E-state index is 12.7. The van der Waals surface area contributed by atoms with Crippen LogP contribution in [0.3, 0.4) is 0 Å². The van der Waals surface area contributed by atoms with Crippen molar-refractivity contribution in [3.8, 4) is 11.1 Å². The number of rotatable bonds is 9. The number of fused-ring (bicyclic) bond motifs is 3. The summed E-state index contributed by atoms with van der Waals surface area (Å²) in [5.41, 5.74) is 4.72. The van der Waals surface area contributed by atoms with Crippen LogP contribution < -0.4 is 5.32 Å². The molecule has 34 heavy (non-hydrogen) atoms. The second kappa shape index (κ2) is 10.2. The first kappa shape index (κ1) is 23.1. The Morgan fingerprint density at radius 3 is 2.29 bits per heavy atom. The molecule has 2 N–H and O–H groups in total. The summed E-state index contributed by atoms with van der Waals surface area (Å²) < 4.78 is 10.8. The Kier molecular flexibility index (Phi) is 6.96. The van der Waals surface area contributed by atoms with Crippen LogP contribution in [-0.4, -0.2) is 48.2 Å². The normalized spacial score (nSPS) is 12.0. The Labute approximate surface area is 197 Å². The van der Waals surface area contributed by atoms with Crippen LogP contribution >= 0.6 is 0 Å². The first-order valence-electron chi connectivity index (χ1n) is 11.1. The van der Waals surface area contributed by atoms with E-state index < -0.39 is 18.0 Å². The van der Waals surface area contributed by atoms with Crippen LogP contribution in [-0.2, 0) is 9.53 Å². The number of furan rings is 1. The largest absolute Gasteiger partial charge is 0.481 e. The molecule has 1 aromatic heterocycles. The van der Waals surface area contributed by atoms with E-state index in [-0.39, 0.29) is 30.4 Å². The first-order valence-corrected chi connectivity index (χ1v) is 11.1. The van der Waals surface area contributed by atoms with Gasteiger partial charge in [-0.3, -0.25) is 14.9 Å². The van der Waals surface area contributed by atoms with Crippen molar-refractivity contribution in [1.82, 2.24) is 4.90 Å². The minimum Gasteiger partial charge on any atom is -0.481 e. The average Bonchev–Trinajstić information content (AvgIpc) is 3.42. The molecule has 0 aliphatic heterocycles. The lowest BCUT2D eigenvalue weighted by atomic mass is 9.98. The van der Waals surface area contributed by atoms with Gasteiger partial charge in [0.15, 0.2) is 0 Å². The zero-order valence-corrected chi connectivity index (χ0v) is 18.8. The maximum Gasteiger partial charge on any atom is 0.411 e. The van der Waals surface area contributed by atoms with Crippen molar-refractivity contribution < 1.29 is 28.6 Å². The van der Waals surface area contributed by atoms with Gasteiger partial charge >= 0.3 is 12.1 Å². The minimum absolute atomic E-state index is 0.00533. The number of hydrogen-bond donors (Lipinski definition) is 2. The molecule has 2 amide bonds. The smallest absolute Gasteiger partial charge is 0.411 e. The molecule has 1 aliphatic carbocycles. The van der Waals surface area contributed by atoms with E-state index in [4.69, 9.17) is 14.3 Å². The van der Waals surface area contributed by atoms with E-state index in [9.17, 15) is 14.4 Å². The Balaban J connectivity index is 1.36. The highest BCUT2D eigenvalue weighted by molar-refractivity contribution is 6.00. The van der Waals surface area contributed by atoms with E-state index in [1.165, 1.54) is 17.2 Å². The second-order valence-electron chi connectivity index (χ2n) is 8.19. The lowest BCUT2D eigenvalue weighted by Gasteiger charge is -2.17. The van der Waals surface area contributed by atoms with Crippen molar-refractivity contribution in [1.29, 1.82) is 0 Å². The number of carbonyl (C=O) groups excluding carboxylic acids is 2. The number of amides is 2. The molecule has 0 saturated heterocycles. The quantitative estimate of drug-likeness (QED) is 0.435. The van der Waals surface area contributed by atoms with E-state index in [2.05, 4.69) is 17.4 Å². The molecule has 1 aliphatic rings. The number of nitrogens with zero attached hydrogens (tertiary/aromatic N) is 1. The number of benzene rings is 2. The van der Waals surface area contributed by atoms with Crippen molar-refractivity contribution in [2.24, 2.45) is 0 Å². The molecule has 8 heteroatoms. The van der Waals surface area contributed by atoms with Crippen LogP contribution in [0.15, 0.2) is 65.3 Å². The van der Waals surface area contributed by atoms with Crippen molar-refractivity contribution >= 4 is 23.7 Å². The fourth-order valence-corrected chi connectivity index (χ4v) is 4.22. The number of aliphatic carboxylic acids is 1. The molecule has 1 heterocycles. The van der Waals surface area contributed by atoms with Gasteiger partial charge in [0, 0.05) is 32.0 Å². The van der Waals surface area contributed by atoms with Gasteiger partial charge in [0.25, 0.3) is 5.91 Å². The van der Waals surface area contributed by atoms with Crippen LogP contribution in [0.1, 0.15) is 46.9 Å². The summed E-state index contributed by atoms with van der Waals surface area (Å²) in [6, 6.07) is 17.6. The van der Waals surface area contributed by atoms with E-state index in [1.807, 2.05) is 36.4 Å². The third kappa shape index (κ3) is 4.96. The number of anilines is 1. The molecule has 176 valence electrons. The molecular weight excluding hydrogens is 436 g/mol. The number of ether oxygens (including phenoxy) is 1. The Bertz CT molecular complexity index is 1160. The molecular formula is C26H26N2O6. The number of unbranched alkanes of at least 4 members (excludes halogenated alkanes) is 1. The highest BCUT2D eigenvalue weighted by atomic mass is 16.5. The Morgan fingerprint density at radius 2 is 1.65 bits per heavy atom. The summed E-state index contributed by atoms with van der Waals surface area (Å²) in [6.07, 6.45) is 1.71. The molecule has 0 fully saturated rings. The predicted octanol–water partition coefficient (Wildman–Crippen LogP) is 4.97. The van der Waals surface area contributed by atoms with Gasteiger partial charge in [-0.05, 0) is 35.1 Å². The van der Waals surface area contributed by atoms with Gasteiger partial charge in [0.2, 0.25) is 5.76 Å². The van der Waals surface area contributed by atoms with Crippen molar-refractivity contribution in [2.75, 3.05) is 25.5 Å². The third-order valence-corrected chi connectivity index (χ3v) is 5.92. The monoisotopic (exact) mass is 462 g/mol. The van der Waals surface area contributed by atoms with Crippen molar-refractivity contribution in [3.05, 3.63) is 77.7 Å². The average molecular weight is 463 g/mol. The summed E-state index contributed by atoms with van der Waals surface area (Å²) in [6.45, 7) is 0.529. The first-order chi connectivity index (χ1) is 16.5. The Morgan fingerprint density at radius 1 is 1.00 bits per heavy atom. The fourth-order valence-electron chi connectivity index (χ4n) is 4.22. The highest BCUT2D eigenvalue weighted by Crippen LogP contribution is 2.44. The van der Waals surface area contributed by atoms with E-state index in [0.29, 0.717) is 19.4 Å². The van der Waals surface area contributed by atoms with E-state index in [1.54, 1.807) is 7.05 Å². The van der Waals surface area contributed by atoms with Crippen LogP contribution in [0.4, 0.5) is 10.5 Å². The SMILES string of the molecule is CN(CCCCC(=O)O)C(=O)c1occc1NC(=O)OCC1c2ccccc2-c2ccccc21. The number of carboxylic acid groups (broad SMARTS) is 1. The van der Waals surface area contributed by atoms with E-state index >= 15 is 0 Å². The van der Waals surface area contributed by atoms with Crippen LogP contribution in [0.5, 0.6) is 0 Å². The van der Waals surface area contributed by atoms with Gasteiger partial charge in [0.1, 0.15) is 6.61 Å². The molecule has 0 bridgehead atoms. The van der Waals surface area contributed by atoms with Crippen molar-refractivity contribution in [2.45, 2.75) is 25.2 Å². The van der Waals surface area contributed by atoms with Crippen LogP contribution in [0.25, 0.3) is 11.1 Å². The summed E-state index contributed by atoms with van der Waals surface area (Å²) in [5, 5.41) is 11.3. The topological polar surface area (TPSA) is 109 Å². The van der Waals surface area contributed by atoms with Gasteiger partial charge < -0.3 is 19.2 Å². The number of carboxylic acids is 1. The minimum atomic E-state index is -0.866. The number of hydrogen-bond acceptors (Lipinski definition) is 5. The summed E-state index contributed by atoms with van der Waals surface area (Å²) in [5.74, 6) is -1.35. The highest BCUT2D eigenvalue weighted by Gasteiger charge is 2.29. The lowest BCUT2D eigenvalue weighted by molar-refractivity contribution is -0.137. The fraction of sp³-hybridized carbons (Fsp3) is 0.269. The standard InChI is InChI=1S/C26H26N2O6/c1-28(14-7-6-12-23(29)30)25(31)24-22(13-15-33-24)27-26(32)34-16-21-19-10-4-2-8-17(19)18-9-3-5-11-20(18)21/h2-5,8-11,13,15,21H,6-7,12,14,16H2,1H3,(H,27,32)(H,29,30). The Hall–Kier alpha value is -4.07. The molecule has 0 radical (unpaired) electrons. The zero-order valence-electron chi connectivity index (χ0n) is 18.8. The van der Waals surface area contributed by atoms with Gasteiger partial charge in [-0.15, -0.1) is 0 Å². The third-order valence-electron chi connectivity index (χ3n) is 5.92. The number of carbonyl (C=O) groups is 3. The molecule has 0 saturated carbocycles. The second-order valence-corrected chi connectivity index (χ2v) is 8.19. The summed E-state index contributed by atoms with van der Waals surface area (Å²) in [4.78, 5) is 37.3. The molecule has 2 aromatic carbocycles. The summed E-state index contributed by atoms with van der Waals surface area (Å²) in [7, 11) is 1.60. The van der Waals surface area contributed by atoms with Gasteiger partial charge in [-0.2, -0.15) is 0 Å². The molecule has 0 spiro atoms. The van der Waals surface area contributed by atoms with Crippen LogP contribution in [0.2, 0.25) is 0 Å². The molecule has 0 atom stereocenters. The number of nitrogens with one attached hydrogen (secondary N) is 1. The molecule has 8 nitrogen and oxygen atoms in total. The van der Waals surface area contributed by atoms with Gasteiger partial charge in [-0.25, -0.2) is 4.79 Å². The maximum atomic E-state index is 12.7. The molecule has 3 aromatic rings. The van der Waals surface area contributed by atoms with E-state index in [0.717, 1.165) is 22.3 Å². The van der Waals surface area contributed by atoms with Crippen LogP contribution in [0, 0.1) is 0 Å². The predicted molar refractivity (Wildman–Crippen MR) is 126 cm³/mol. The molecule has 4 rings (SSSR count). The lowest BCUT2D eigenvalue weighted by Crippen LogP contribution is -2.28. The molecule has 0 unspecified atom stereocenters. The van der Waals surface area contributed by atoms with Gasteiger partial charge in [-0.1, -0.05) is 48.5 Å². The zero-order chi connectivity index (χ0) is 24.1. The van der Waals surface area contributed by atoms with Crippen molar-refractivity contribution in [3.63, 3.8) is 0 Å². The van der Waals surface area contributed by atoms with Gasteiger partial charge in [0.05, 0.1) is 12.0 Å².